The molecule has 7 heteroatoms. The standard InChI is InChI=1S/C14H13ClN4S2/c1-2-3-13-16-9-19(18-13)21-14-17-12(8-20-14)10-4-6-11(15)7-5-10/h4-9H,2-3H2,1H3. The van der Waals surface area contributed by atoms with E-state index in [-0.39, 0.29) is 0 Å². The Hall–Kier alpha value is -1.37. The molecular formula is C14H13ClN4S2. The Morgan fingerprint density at radius 3 is 2.86 bits per heavy atom. The van der Waals surface area contributed by atoms with Crippen LogP contribution in [0.1, 0.15) is 19.2 Å². The summed E-state index contributed by atoms with van der Waals surface area (Å²) in [6.07, 6.45) is 3.69. The molecule has 0 radical (unpaired) electrons. The zero-order valence-electron chi connectivity index (χ0n) is 11.4. The van der Waals surface area contributed by atoms with Crippen molar-refractivity contribution in [3.63, 3.8) is 0 Å². The van der Waals surface area contributed by atoms with E-state index in [0.717, 1.165) is 39.3 Å². The van der Waals surface area contributed by atoms with Crippen LogP contribution in [-0.2, 0) is 6.42 Å². The van der Waals surface area contributed by atoms with Crippen LogP contribution < -0.4 is 0 Å². The highest BCUT2D eigenvalue weighted by Gasteiger charge is 2.08. The van der Waals surface area contributed by atoms with Crippen LogP contribution >= 0.6 is 34.9 Å². The molecule has 0 saturated carbocycles. The summed E-state index contributed by atoms with van der Waals surface area (Å²) in [7, 11) is 0. The number of aryl methyl sites for hydroxylation is 1. The van der Waals surface area contributed by atoms with Crippen molar-refractivity contribution in [1.82, 2.24) is 19.2 Å². The van der Waals surface area contributed by atoms with Crippen LogP contribution in [0.25, 0.3) is 11.3 Å². The lowest BCUT2D eigenvalue weighted by Crippen LogP contribution is -1.90. The predicted octanol–water partition coefficient (Wildman–Crippen LogP) is 4.56. The second-order valence-corrected chi connectivity index (χ2v) is 6.91. The molecule has 0 N–H and O–H groups in total. The molecule has 0 fully saturated rings. The van der Waals surface area contributed by atoms with Gasteiger partial charge < -0.3 is 0 Å². The van der Waals surface area contributed by atoms with Crippen molar-refractivity contribution >= 4 is 34.9 Å². The number of nitrogens with zero attached hydrogens (tertiary/aromatic N) is 4. The van der Waals surface area contributed by atoms with E-state index in [9.17, 15) is 0 Å². The Labute approximate surface area is 136 Å². The largest absolute Gasteiger partial charge is 0.228 e. The van der Waals surface area contributed by atoms with E-state index in [0.29, 0.717) is 0 Å². The summed E-state index contributed by atoms with van der Waals surface area (Å²) in [6.45, 7) is 2.12. The fourth-order valence-electron chi connectivity index (χ4n) is 1.80. The molecule has 0 aliphatic carbocycles. The van der Waals surface area contributed by atoms with Crippen molar-refractivity contribution < 1.29 is 0 Å². The summed E-state index contributed by atoms with van der Waals surface area (Å²) in [6, 6.07) is 7.69. The summed E-state index contributed by atoms with van der Waals surface area (Å²) < 4.78 is 2.70. The van der Waals surface area contributed by atoms with Crippen LogP contribution in [0.4, 0.5) is 0 Å². The van der Waals surface area contributed by atoms with Crippen molar-refractivity contribution in [2.45, 2.75) is 24.1 Å². The summed E-state index contributed by atoms with van der Waals surface area (Å²) in [4.78, 5) is 8.88. The molecule has 0 aliphatic rings. The van der Waals surface area contributed by atoms with E-state index >= 15 is 0 Å². The number of thiazole rings is 1. The van der Waals surface area contributed by atoms with Crippen LogP contribution in [0, 0.1) is 0 Å². The molecule has 2 heterocycles. The van der Waals surface area contributed by atoms with E-state index in [1.165, 1.54) is 11.9 Å². The van der Waals surface area contributed by atoms with E-state index in [4.69, 9.17) is 11.6 Å². The van der Waals surface area contributed by atoms with E-state index in [1.54, 1.807) is 21.8 Å². The summed E-state index contributed by atoms with van der Waals surface area (Å²) in [5, 5.41) is 7.17. The van der Waals surface area contributed by atoms with Gasteiger partial charge in [0.15, 0.2) is 10.2 Å². The zero-order valence-corrected chi connectivity index (χ0v) is 13.8. The van der Waals surface area contributed by atoms with Gasteiger partial charge in [-0.2, -0.15) is 4.09 Å². The summed E-state index contributed by atoms with van der Waals surface area (Å²) in [5.74, 6) is 0.875. The Morgan fingerprint density at radius 2 is 2.10 bits per heavy atom. The fourth-order valence-corrected chi connectivity index (χ4v) is 3.55. The van der Waals surface area contributed by atoms with Crippen LogP contribution in [0.5, 0.6) is 0 Å². The molecule has 0 saturated heterocycles. The molecule has 0 atom stereocenters. The SMILES string of the molecule is CCCc1ncn(Sc2nc(-c3ccc(Cl)cc3)cs2)n1. The van der Waals surface area contributed by atoms with Crippen LogP contribution in [0.2, 0.25) is 5.02 Å². The lowest BCUT2D eigenvalue weighted by Gasteiger charge is -1.96. The number of hydrogen-bond donors (Lipinski definition) is 0. The first kappa shape index (κ1) is 14.6. The van der Waals surface area contributed by atoms with Gasteiger partial charge in [0, 0.05) is 34.3 Å². The topological polar surface area (TPSA) is 43.6 Å². The summed E-state index contributed by atoms with van der Waals surface area (Å²) >= 11 is 8.97. The molecule has 4 nitrogen and oxygen atoms in total. The molecule has 0 spiro atoms. The van der Waals surface area contributed by atoms with Crippen molar-refractivity contribution in [1.29, 1.82) is 0 Å². The number of aromatic nitrogens is 4. The van der Waals surface area contributed by atoms with Gasteiger partial charge in [0.2, 0.25) is 0 Å². The number of benzene rings is 1. The minimum absolute atomic E-state index is 0.731. The van der Waals surface area contributed by atoms with Gasteiger partial charge in [0.05, 0.1) is 5.69 Å². The fraction of sp³-hybridized carbons (Fsp3) is 0.214. The van der Waals surface area contributed by atoms with Gasteiger partial charge in [-0.05, 0) is 18.6 Å². The van der Waals surface area contributed by atoms with E-state index < -0.39 is 0 Å². The molecule has 3 aromatic rings. The molecule has 108 valence electrons. The molecular weight excluding hydrogens is 324 g/mol. The van der Waals surface area contributed by atoms with Gasteiger partial charge in [0.1, 0.15) is 6.33 Å². The third-order valence-electron chi connectivity index (χ3n) is 2.79. The van der Waals surface area contributed by atoms with Crippen molar-refractivity contribution in [2.24, 2.45) is 0 Å². The Bertz CT molecular complexity index is 721. The first-order chi connectivity index (χ1) is 10.2. The van der Waals surface area contributed by atoms with Crippen molar-refractivity contribution in [3.8, 4) is 11.3 Å². The van der Waals surface area contributed by atoms with Gasteiger partial charge in [-0.1, -0.05) is 30.7 Å². The normalized spacial score (nSPS) is 11.0. The maximum Gasteiger partial charge on any atom is 0.173 e. The molecule has 0 aliphatic heterocycles. The summed E-state index contributed by atoms with van der Waals surface area (Å²) in [5.41, 5.74) is 2.01. The zero-order chi connectivity index (χ0) is 14.7. The quantitative estimate of drug-likeness (QED) is 0.685. The first-order valence-corrected chi connectivity index (χ1v) is 8.58. The molecule has 0 unspecified atom stereocenters. The molecule has 21 heavy (non-hydrogen) atoms. The maximum atomic E-state index is 5.90. The Balaban J connectivity index is 1.73. The second-order valence-electron chi connectivity index (χ2n) is 4.41. The highest BCUT2D eigenvalue weighted by Crippen LogP contribution is 2.29. The Morgan fingerprint density at radius 1 is 1.29 bits per heavy atom. The van der Waals surface area contributed by atoms with E-state index in [2.05, 4.69) is 22.0 Å². The Kier molecular flexibility index (Phi) is 4.57. The first-order valence-electron chi connectivity index (χ1n) is 6.55. The van der Waals surface area contributed by atoms with Gasteiger partial charge >= 0.3 is 0 Å². The number of rotatable bonds is 5. The minimum atomic E-state index is 0.731. The van der Waals surface area contributed by atoms with Gasteiger partial charge in [-0.25, -0.2) is 9.97 Å². The molecule has 3 rings (SSSR count). The lowest BCUT2D eigenvalue weighted by atomic mass is 10.2. The minimum Gasteiger partial charge on any atom is -0.228 e. The highest BCUT2D eigenvalue weighted by atomic mass is 35.5. The van der Waals surface area contributed by atoms with Crippen molar-refractivity contribution in [2.75, 3.05) is 0 Å². The average Bonchev–Trinajstić information content (AvgIpc) is 3.11. The van der Waals surface area contributed by atoms with Crippen LogP contribution in [0.15, 0.2) is 40.3 Å². The van der Waals surface area contributed by atoms with Crippen LogP contribution in [-0.4, -0.2) is 19.2 Å². The molecule has 1 aromatic carbocycles. The molecule has 0 bridgehead atoms. The number of halogens is 1. The third-order valence-corrected chi connectivity index (χ3v) is 4.80. The third kappa shape index (κ3) is 3.64. The smallest absolute Gasteiger partial charge is 0.173 e. The van der Waals surface area contributed by atoms with Gasteiger partial charge in [-0.3, -0.25) is 0 Å². The predicted molar refractivity (Wildman–Crippen MR) is 87.8 cm³/mol. The molecule has 0 amide bonds. The van der Waals surface area contributed by atoms with Crippen LogP contribution in [0.3, 0.4) is 0 Å². The monoisotopic (exact) mass is 336 g/mol. The average molecular weight is 337 g/mol. The second kappa shape index (κ2) is 6.60. The van der Waals surface area contributed by atoms with E-state index in [1.807, 2.05) is 29.6 Å². The lowest BCUT2D eigenvalue weighted by molar-refractivity contribution is 0.831. The van der Waals surface area contributed by atoms with Gasteiger partial charge in [0.25, 0.3) is 0 Å². The highest BCUT2D eigenvalue weighted by molar-refractivity contribution is 7.99. The number of hydrogen-bond acceptors (Lipinski definition) is 5. The van der Waals surface area contributed by atoms with Crippen molar-refractivity contribution in [3.05, 3.63) is 46.8 Å². The maximum absolute atomic E-state index is 5.90. The molecule has 2 aromatic heterocycles. The van der Waals surface area contributed by atoms with Gasteiger partial charge in [-0.15, -0.1) is 16.4 Å².